The third kappa shape index (κ3) is 2.91. The highest BCUT2D eigenvalue weighted by atomic mass is 16.5. The summed E-state index contributed by atoms with van der Waals surface area (Å²) in [5, 5.41) is 18.0. The van der Waals surface area contributed by atoms with Gasteiger partial charge in [-0.2, -0.15) is 0 Å². The molecule has 1 aromatic rings. The highest BCUT2D eigenvalue weighted by molar-refractivity contribution is 5.94. The highest BCUT2D eigenvalue weighted by Gasteiger charge is 2.16. The quantitative estimate of drug-likeness (QED) is 0.728. The van der Waals surface area contributed by atoms with Gasteiger partial charge in [-0.25, -0.2) is 0 Å². The van der Waals surface area contributed by atoms with Crippen LogP contribution in [0.5, 0.6) is 5.88 Å². The molecule has 0 aliphatic rings. The molecule has 16 heavy (non-hydrogen) atoms. The number of carboxylic acids is 1. The fraction of sp³-hybridized carbons (Fsp3) is 0.333. The number of hydrogen-bond acceptors (Lipinski definition) is 5. The van der Waals surface area contributed by atoms with E-state index >= 15 is 0 Å². The Morgan fingerprint density at radius 2 is 2.12 bits per heavy atom. The number of aromatic nitrogens is 2. The molecule has 2 N–H and O–H groups in total. The second kappa shape index (κ2) is 5.06. The van der Waals surface area contributed by atoms with Crippen molar-refractivity contribution in [3.63, 3.8) is 0 Å². The Kier molecular flexibility index (Phi) is 3.76. The summed E-state index contributed by atoms with van der Waals surface area (Å²) in [6, 6.07) is 1.89. The minimum Gasteiger partial charge on any atom is -0.480 e. The summed E-state index contributed by atoms with van der Waals surface area (Å²) in [7, 11) is 1.43. The summed E-state index contributed by atoms with van der Waals surface area (Å²) >= 11 is 0. The molecule has 0 radical (unpaired) electrons. The number of carbonyl (C=O) groups is 2. The van der Waals surface area contributed by atoms with Crippen LogP contribution in [0.2, 0.25) is 0 Å². The van der Waals surface area contributed by atoms with E-state index in [9.17, 15) is 9.59 Å². The van der Waals surface area contributed by atoms with E-state index in [0.717, 1.165) is 0 Å². The van der Waals surface area contributed by atoms with E-state index in [-0.39, 0.29) is 11.6 Å². The van der Waals surface area contributed by atoms with Crippen LogP contribution in [0.25, 0.3) is 0 Å². The van der Waals surface area contributed by atoms with Crippen LogP contribution in [-0.2, 0) is 4.79 Å². The number of carbonyl (C=O) groups excluding carboxylic acids is 1. The lowest BCUT2D eigenvalue weighted by Gasteiger charge is -2.08. The molecule has 1 amide bonds. The van der Waals surface area contributed by atoms with E-state index in [0.29, 0.717) is 0 Å². The van der Waals surface area contributed by atoms with Gasteiger partial charge in [0.25, 0.3) is 5.91 Å². The third-order valence-electron chi connectivity index (χ3n) is 1.80. The van der Waals surface area contributed by atoms with Crippen LogP contribution in [0.4, 0.5) is 0 Å². The lowest BCUT2D eigenvalue weighted by atomic mass is 10.3. The number of carboxylic acid groups (broad SMARTS) is 1. The lowest BCUT2D eigenvalue weighted by molar-refractivity contribution is -0.138. The molecule has 0 spiro atoms. The molecule has 7 nitrogen and oxygen atoms in total. The predicted molar refractivity (Wildman–Crippen MR) is 53.1 cm³/mol. The van der Waals surface area contributed by atoms with E-state index in [4.69, 9.17) is 9.84 Å². The first kappa shape index (κ1) is 11.9. The molecular formula is C9H11N3O4. The molecule has 86 valence electrons. The Bertz CT molecular complexity index is 390. The zero-order valence-corrected chi connectivity index (χ0v) is 8.80. The summed E-state index contributed by atoms with van der Waals surface area (Å²) in [5.74, 6) is -1.43. The molecule has 0 aliphatic carbocycles. The Balaban J connectivity index is 2.69. The van der Waals surface area contributed by atoms with E-state index in [1.54, 1.807) is 0 Å². The van der Waals surface area contributed by atoms with Gasteiger partial charge >= 0.3 is 5.97 Å². The maximum Gasteiger partial charge on any atom is 0.325 e. The second-order valence-corrected chi connectivity index (χ2v) is 2.99. The molecule has 7 heteroatoms. The van der Waals surface area contributed by atoms with Gasteiger partial charge in [0.15, 0.2) is 5.69 Å². The standard InChI is InChI=1S/C9H11N3O4/c1-5(9(14)15)10-8(13)6-3-4-7(16-2)12-11-6/h3-5H,1-2H3,(H,10,13)(H,14,15). The Morgan fingerprint density at radius 1 is 1.44 bits per heavy atom. The van der Waals surface area contributed by atoms with Crippen LogP contribution in [0.15, 0.2) is 12.1 Å². The maximum atomic E-state index is 11.4. The van der Waals surface area contributed by atoms with Crippen LogP contribution in [0, 0.1) is 0 Å². The van der Waals surface area contributed by atoms with Crippen molar-refractivity contribution in [1.29, 1.82) is 0 Å². The normalized spacial score (nSPS) is 11.6. The van der Waals surface area contributed by atoms with Crippen molar-refractivity contribution < 1.29 is 19.4 Å². The van der Waals surface area contributed by atoms with Crippen molar-refractivity contribution in [1.82, 2.24) is 15.5 Å². The molecular weight excluding hydrogens is 214 g/mol. The average Bonchev–Trinajstić information content (AvgIpc) is 2.28. The number of rotatable bonds is 4. The van der Waals surface area contributed by atoms with Crippen molar-refractivity contribution in [2.75, 3.05) is 7.11 Å². The van der Waals surface area contributed by atoms with E-state index < -0.39 is 17.9 Å². The molecule has 0 bridgehead atoms. The fourth-order valence-corrected chi connectivity index (χ4v) is 0.882. The van der Waals surface area contributed by atoms with Crippen molar-refractivity contribution in [3.05, 3.63) is 17.8 Å². The first-order chi connectivity index (χ1) is 7.54. The van der Waals surface area contributed by atoms with Gasteiger partial charge in [-0.05, 0) is 13.0 Å². The van der Waals surface area contributed by atoms with Gasteiger partial charge in [0, 0.05) is 6.07 Å². The summed E-state index contributed by atoms with van der Waals surface area (Å²) in [5.41, 5.74) is 0.0360. The zero-order chi connectivity index (χ0) is 12.1. The van der Waals surface area contributed by atoms with E-state index in [2.05, 4.69) is 15.5 Å². The van der Waals surface area contributed by atoms with E-state index in [1.807, 2.05) is 0 Å². The molecule has 1 unspecified atom stereocenters. The molecule has 1 aromatic heterocycles. The molecule has 0 aliphatic heterocycles. The van der Waals surface area contributed by atoms with Crippen molar-refractivity contribution >= 4 is 11.9 Å². The number of nitrogens with one attached hydrogen (secondary N) is 1. The van der Waals surface area contributed by atoms with Crippen molar-refractivity contribution in [2.45, 2.75) is 13.0 Å². The molecule has 1 rings (SSSR count). The first-order valence-corrected chi connectivity index (χ1v) is 4.46. The molecule has 0 fully saturated rings. The highest BCUT2D eigenvalue weighted by Crippen LogP contribution is 2.03. The molecule has 0 aromatic carbocycles. The topological polar surface area (TPSA) is 101 Å². The van der Waals surface area contributed by atoms with Gasteiger partial charge in [-0.3, -0.25) is 9.59 Å². The second-order valence-electron chi connectivity index (χ2n) is 2.99. The zero-order valence-electron chi connectivity index (χ0n) is 8.80. The largest absolute Gasteiger partial charge is 0.480 e. The van der Waals surface area contributed by atoms with Gasteiger partial charge < -0.3 is 15.2 Å². The summed E-state index contributed by atoms with van der Waals surface area (Å²) in [6.45, 7) is 1.36. The number of methoxy groups -OCH3 is 1. The van der Waals surface area contributed by atoms with Crippen LogP contribution in [0.3, 0.4) is 0 Å². The summed E-state index contributed by atoms with van der Waals surface area (Å²) < 4.78 is 4.77. The molecule has 1 heterocycles. The number of ether oxygens (including phenoxy) is 1. The molecule has 1 atom stereocenters. The number of nitrogens with zero attached hydrogens (tertiary/aromatic N) is 2. The van der Waals surface area contributed by atoms with Crippen LogP contribution >= 0.6 is 0 Å². The third-order valence-corrected chi connectivity index (χ3v) is 1.80. The van der Waals surface area contributed by atoms with Gasteiger partial charge in [0.1, 0.15) is 6.04 Å². The smallest absolute Gasteiger partial charge is 0.325 e. The number of amides is 1. The van der Waals surface area contributed by atoms with Crippen LogP contribution in [-0.4, -0.2) is 40.3 Å². The minimum atomic E-state index is -1.12. The Hall–Kier alpha value is -2.18. The van der Waals surface area contributed by atoms with Gasteiger partial charge in [0.05, 0.1) is 7.11 Å². The van der Waals surface area contributed by atoms with Gasteiger partial charge in [-0.15, -0.1) is 10.2 Å². The lowest BCUT2D eigenvalue weighted by Crippen LogP contribution is -2.38. The van der Waals surface area contributed by atoms with Crippen LogP contribution < -0.4 is 10.1 Å². The van der Waals surface area contributed by atoms with Crippen molar-refractivity contribution in [2.24, 2.45) is 0 Å². The summed E-state index contributed by atoms with van der Waals surface area (Å²) in [4.78, 5) is 21.9. The first-order valence-electron chi connectivity index (χ1n) is 4.46. The monoisotopic (exact) mass is 225 g/mol. The van der Waals surface area contributed by atoms with Gasteiger partial charge in [-0.1, -0.05) is 0 Å². The Labute approximate surface area is 91.4 Å². The van der Waals surface area contributed by atoms with Crippen LogP contribution in [0.1, 0.15) is 17.4 Å². The molecule has 0 saturated carbocycles. The van der Waals surface area contributed by atoms with E-state index in [1.165, 1.54) is 26.2 Å². The Morgan fingerprint density at radius 3 is 2.56 bits per heavy atom. The average molecular weight is 225 g/mol. The SMILES string of the molecule is COc1ccc(C(=O)NC(C)C(=O)O)nn1. The number of aliphatic carboxylic acids is 1. The maximum absolute atomic E-state index is 11.4. The predicted octanol–water partition coefficient (Wildman–Crippen LogP) is -0.312. The fourth-order valence-electron chi connectivity index (χ4n) is 0.882. The van der Waals surface area contributed by atoms with Crippen molar-refractivity contribution in [3.8, 4) is 5.88 Å². The van der Waals surface area contributed by atoms with Gasteiger partial charge in [0.2, 0.25) is 5.88 Å². The minimum absolute atomic E-state index is 0.0360. The molecule has 0 saturated heterocycles. The number of hydrogen-bond donors (Lipinski definition) is 2. The summed E-state index contributed by atoms with van der Waals surface area (Å²) in [6.07, 6.45) is 0.